The second-order valence-electron chi connectivity index (χ2n) is 4.90. The summed E-state index contributed by atoms with van der Waals surface area (Å²) in [7, 11) is 0. The number of ketones is 1. The molecule has 0 bridgehead atoms. The number of carbonyl (C=O) groups excluding carboxylic acids is 1. The van der Waals surface area contributed by atoms with Crippen molar-refractivity contribution in [1.29, 1.82) is 0 Å². The fraction of sp³-hybridized carbons (Fsp3) is 0.500. The van der Waals surface area contributed by atoms with Crippen LogP contribution in [0.2, 0.25) is 0 Å². The lowest BCUT2D eigenvalue weighted by Crippen LogP contribution is -2.60. The van der Waals surface area contributed by atoms with Gasteiger partial charge >= 0.3 is 0 Å². The topological polar surface area (TPSA) is 116 Å². The molecule has 1 heterocycles. The Morgan fingerprint density at radius 1 is 1.14 bits per heavy atom. The van der Waals surface area contributed by atoms with Gasteiger partial charge in [-0.05, 0) is 31.2 Å². The highest BCUT2D eigenvalue weighted by Crippen LogP contribution is 2.24. The fourth-order valence-corrected chi connectivity index (χ4v) is 2.07. The molecule has 0 aliphatic carbocycles. The van der Waals surface area contributed by atoms with E-state index in [1.807, 2.05) is 0 Å². The van der Waals surface area contributed by atoms with Crippen LogP contribution in [0.1, 0.15) is 17.3 Å². The molecule has 1 aromatic rings. The molecule has 0 radical (unpaired) electrons. The zero-order valence-corrected chi connectivity index (χ0v) is 11.4. The molecule has 5 atom stereocenters. The van der Waals surface area contributed by atoms with Crippen LogP contribution in [-0.2, 0) is 4.74 Å². The highest BCUT2D eigenvalue weighted by atomic mass is 16.7. The molecule has 0 unspecified atom stereocenters. The lowest BCUT2D eigenvalue weighted by Gasteiger charge is -2.39. The molecule has 116 valence electrons. The number of aliphatic hydroxyl groups excluding tert-OH is 4. The minimum atomic E-state index is -1.49. The van der Waals surface area contributed by atoms with Gasteiger partial charge in [0.05, 0.1) is 6.61 Å². The molecule has 0 spiro atoms. The van der Waals surface area contributed by atoms with Crippen LogP contribution in [0.4, 0.5) is 0 Å². The Morgan fingerprint density at radius 3 is 2.29 bits per heavy atom. The molecule has 4 N–H and O–H groups in total. The molecule has 7 heteroatoms. The van der Waals surface area contributed by atoms with Crippen molar-refractivity contribution in [2.75, 3.05) is 6.61 Å². The first-order valence-electron chi connectivity index (χ1n) is 6.52. The zero-order chi connectivity index (χ0) is 15.6. The second-order valence-corrected chi connectivity index (χ2v) is 4.90. The molecule has 0 amide bonds. The lowest BCUT2D eigenvalue weighted by atomic mass is 9.99. The molecule has 0 saturated carbocycles. The SMILES string of the molecule is CC(=O)c1ccc(O[C@@H]2O[C@H](CO)[C@H](O)[C@H](O)[C@H]2O)cc1. The van der Waals surface area contributed by atoms with Crippen LogP contribution < -0.4 is 4.74 Å². The van der Waals surface area contributed by atoms with Crippen LogP contribution in [0, 0.1) is 0 Å². The Bertz CT molecular complexity index is 485. The summed E-state index contributed by atoms with van der Waals surface area (Å²) in [4.78, 5) is 11.2. The largest absolute Gasteiger partial charge is 0.462 e. The zero-order valence-electron chi connectivity index (χ0n) is 11.4. The number of hydrogen-bond acceptors (Lipinski definition) is 7. The summed E-state index contributed by atoms with van der Waals surface area (Å²) in [6.45, 7) is 0.918. The van der Waals surface area contributed by atoms with Crippen LogP contribution in [0.25, 0.3) is 0 Å². The number of benzene rings is 1. The third-order valence-electron chi connectivity index (χ3n) is 3.36. The lowest BCUT2D eigenvalue weighted by molar-refractivity contribution is -0.277. The molecule has 21 heavy (non-hydrogen) atoms. The average Bonchev–Trinajstić information content (AvgIpc) is 2.48. The van der Waals surface area contributed by atoms with Crippen LogP contribution in [0.3, 0.4) is 0 Å². The van der Waals surface area contributed by atoms with E-state index in [0.29, 0.717) is 11.3 Å². The maximum atomic E-state index is 11.2. The van der Waals surface area contributed by atoms with E-state index in [1.165, 1.54) is 19.1 Å². The van der Waals surface area contributed by atoms with Crippen LogP contribution in [0.5, 0.6) is 5.75 Å². The maximum absolute atomic E-state index is 11.2. The normalized spacial score (nSPS) is 32.7. The standard InChI is InChI=1S/C14H18O7/c1-7(16)8-2-4-9(5-3-8)20-14-13(19)12(18)11(17)10(6-15)21-14/h2-5,10-15,17-19H,6H2,1H3/t10-,11+,12+,13-,14-/m1/s1. The Balaban J connectivity index is 2.08. The second kappa shape index (κ2) is 6.50. The van der Waals surface area contributed by atoms with Crippen molar-refractivity contribution in [2.45, 2.75) is 37.6 Å². The van der Waals surface area contributed by atoms with Gasteiger partial charge in [-0.15, -0.1) is 0 Å². The minimum absolute atomic E-state index is 0.0885. The summed E-state index contributed by atoms with van der Waals surface area (Å²) in [5, 5.41) is 38.2. The third kappa shape index (κ3) is 3.39. The minimum Gasteiger partial charge on any atom is -0.462 e. The summed E-state index contributed by atoms with van der Waals surface area (Å²) in [5.41, 5.74) is 0.510. The van der Waals surface area contributed by atoms with Gasteiger partial charge in [0.25, 0.3) is 0 Å². The molecule has 0 aromatic heterocycles. The summed E-state index contributed by atoms with van der Waals surface area (Å²) >= 11 is 0. The fourth-order valence-electron chi connectivity index (χ4n) is 2.07. The van der Waals surface area contributed by atoms with Crippen molar-refractivity contribution < 1.29 is 34.7 Å². The quantitative estimate of drug-likeness (QED) is 0.530. The van der Waals surface area contributed by atoms with Crippen molar-refractivity contribution in [3.05, 3.63) is 29.8 Å². The molecule has 1 aliphatic rings. The Hall–Kier alpha value is -1.51. The number of hydrogen-bond donors (Lipinski definition) is 4. The summed E-state index contributed by atoms with van der Waals surface area (Å²) in [6.07, 6.45) is -6.63. The highest BCUT2D eigenvalue weighted by Gasteiger charge is 2.44. The van der Waals surface area contributed by atoms with Crippen LogP contribution in [-0.4, -0.2) is 63.5 Å². The van der Waals surface area contributed by atoms with Gasteiger partial charge in [-0.2, -0.15) is 0 Å². The van der Waals surface area contributed by atoms with E-state index >= 15 is 0 Å². The van der Waals surface area contributed by atoms with E-state index in [1.54, 1.807) is 12.1 Å². The molecule has 2 rings (SSSR count). The van der Waals surface area contributed by atoms with E-state index in [2.05, 4.69) is 0 Å². The molecule has 1 fully saturated rings. The molecule has 1 aromatic carbocycles. The highest BCUT2D eigenvalue weighted by molar-refractivity contribution is 5.94. The van der Waals surface area contributed by atoms with Crippen LogP contribution >= 0.6 is 0 Å². The van der Waals surface area contributed by atoms with Crippen molar-refractivity contribution in [3.63, 3.8) is 0 Å². The molecule has 1 saturated heterocycles. The van der Waals surface area contributed by atoms with Crippen molar-refractivity contribution >= 4 is 5.78 Å². The Labute approximate surface area is 121 Å². The van der Waals surface area contributed by atoms with E-state index in [0.717, 1.165) is 0 Å². The molecule has 7 nitrogen and oxygen atoms in total. The first-order chi connectivity index (χ1) is 9.93. The number of Topliss-reactive ketones (excluding diaryl/α,β-unsaturated/α-hetero) is 1. The third-order valence-corrected chi connectivity index (χ3v) is 3.36. The average molecular weight is 298 g/mol. The predicted octanol–water partition coefficient (Wildman–Crippen LogP) is -0.932. The smallest absolute Gasteiger partial charge is 0.229 e. The molecular formula is C14H18O7. The summed E-state index contributed by atoms with van der Waals surface area (Å²) in [6, 6.07) is 6.17. The van der Waals surface area contributed by atoms with Crippen molar-refractivity contribution in [3.8, 4) is 5.75 Å². The van der Waals surface area contributed by atoms with Gasteiger partial charge in [-0.3, -0.25) is 4.79 Å². The number of rotatable bonds is 4. The first kappa shape index (κ1) is 15.9. The number of ether oxygens (including phenoxy) is 2. The Kier molecular flexibility index (Phi) is 4.92. The maximum Gasteiger partial charge on any atom is 0.229 e. The van der Waals surface area contributed by atoms with Crippen molar-refractivity contribution in [2.24, 2.45) is 0 Å². The van der Waals surface area contributed by atoms with Crippen LogP contribution in [0.15, 0.2) is 24.3 Å². The van der Waals surface area contributed by atoms with Gasteiger partial charge in [0.2, 0.25) is 6.29 Å². The number of carbonyl (C=O) groups is 1. The van der Waals surface area contributed by atoms with Crippen molar-refractivity contribution in [1.82, 2.24) is 0 Å². The van der Waals surface area contributed by atoms with Gasteiger partial charge in [-0.25, -0.2) is 0 Å². The summed E-state index contributed by atoms with van der Waals surface area (Å²) < 4.78 is 10.6. The van der Waals surface area contributed by atoms with E-state index in [4.69, 9.17) is 14.6 Å². The first-order valence-corrected chi connectivity index (χ1v) is 6.52. The predicted molar refractivity (Wildman–Crippen MR) is 70.8 cm³/mol. The van der Waals surface area contributed by atoms with E-state index in [9.17, 15) is 20.1 Å². The van der Waals surface area contributed by atoms with Gasteiger partial charge in [-0.1, -0.05) is 0 Å². The molecular weight excluding hydrogens is 280 g/mol. The van der Waals surface area contributed by atoms with E-state index in [-0.39, 0.29) is 5.78 Å². The number of aliphatic hydroxyl groups is 4. The molecule has 1 aliphatic heterocycles. The monoisotopic (exact) mass is 298 g/mol. The van der Waals surface area contributed by atoms with Gasteiger partial charge < -0.3 is 29.9 Å². The Morgan fingerprint density at radius 2 is 1.76 bits per heavy atom. The van der Waals surface area contributed by atoms with Gasteiger partial charge in [0, 0.05) is 5.56 Å². The summed E-state index contributed by atoms with van der Waals surface area (Å²) in [5.74, 6) is 0.235. The van der Waals surface area contributed by atoms with E-state index < -0.39 is 37.3 Å². The van der Waals surface area contributed by atoms with Gasteiger partial charge in [0.1, 0.15) is 30.2 Å². The van der Waals surface area contributed by atoms with Gasteiger partial charge in [0.15, 0.2) is 5.78 Å².